The molecule has 7 nitrogen and oxygen atoms in total. The molecule has 1 atom stereocenters. The molecule has 1 aliphatic heterocycles. The van der Waals surface area contributed by atoms with Crippen LogP contribution in [0.25, 0.3) is 0 Å². The SMILES string of the molecule is CC(NC(=O)c1cn(C2CCNCC2)nn1)c1ccc(OCC(F)(F)F)cc1.Cl. The number of carbonyl (C=O) groups excluding carboxylic acids is 1. The van der Waals surface area contributed by atoms with Crippen LogP contribution in [-0.4, -0.2) is 46.8 Å². The molecular weight excluding hydrogens is 411 g/mol. The molecule has 29 heavy (non-hydrogen) atoms. The summed E-state index contributed by atoms with van der Waals surface area (Å²) in [5.74, 6) is -0.241. The van der Waals surface area contributed by atoms with Gasteiger partial charge < -0.3 is 15.4 Å². The van der Waals surface area contributed by atoms with Gasteiger partial charge in [-0.25, -0.2) is 4.68 Å². The van der Waals surface area contributed by atoms with Crippen molar-refractivity contribution in [2.75, 3.05) is 19.7 Å². The molecule has 160 valence electrons. The normalized spacial score (nSPS) is 16.0. The molecule has 0 radical (unpaired) electrons. The number of halogens is 4. The third-order valence-corrected chi connectivity index (χ3v) is 4.56. The minimum Gasteiger partial charge on any atom is -0.484 e. The van der Waals surface area contributed by atoms with Gasteiger partial charge in [0, 0.05) is 0 Å². The quantitative estimate of drug-likeness (QED) is 0.731. The van der Waals surface area contributed by atoms with Gasteiger partial charge in [-0.05, 0) is 50.6 Å². The first-order valence-corrected chi connectivity index (χ1v) is 9.05. The number of nitrogens with one attached hydrogen (secondary N) is 2. The molecule has 1 aliphatic rings. The number of ether oxygens (including phenoxy) is 1. The van der Waals surface area contributed by atoms with E-state index >= 15 is 0 Å². The Morgan fingerprint density at radius 1 is 1.31 bits per heavy atom. The number of amides is 1. The highest BCUT2D eigenvalue weighted by molar-refractivity contribution is 5.92. The smallest absolute Gasteiger partial charge is 0.422 e. The summed E-state index contributed by atoms with van der Waals surface area (Å²) in [5, 5.41) is 14.1. The number of aromatic nitrogens is 3. The van der Waals surface area contributed by atoms with Gasteiger partial charge in [0.25, 0.3) is 5.91 Å². The average molecular weight is 434 g/mol. The van der Waals surface area contributed by atoms with Crippen LogP contribution in [0.15, 0.2) is 30.5 Å². The molecule has 2 heterocycles. The monoisotopic (exact) mass is 433 g/mol. The molecule has 0 bridgehead atoms. The highest BCUT2D eigenvalue weighted by Gasteiger charge is 2.28. The Balaban J connectivity index is 0.00000300. The van der Waals surface area contributed by atoms with E-state index in [1.54, 1.807) is 29.9 Å². The summed E-state index contributed by atoms with van der Waals surface area (Å²) in [7, 11) is 0. The minimum atomic E-state index is -4.38. The van der Waals surface area contributed by atoms with Crippen molar-refractivity contribution >= 4 is 18.3 Å². The van der Waals surface area contributed by atoms with Gasteiger partial charge in [0.2, 0.25) is 0 Å². The van der Waals surface area contributed by atoms with Gasteiger partial charge >= 0.3 is 6.18 Å². The average Bonchev–Trinajstić information content (AvgIpc) is 3.17. The topological polar surface area (TPSA) is 81.1 Å². The summed E-state index contributed by atoms with van der Waals surface area (Å²) in [5.41, 5.74) is 0.967. The Morgan fingerprint density at radius 2 is 1.97 bits per heavy atom. The summed E-state index contributed by atoms with van der Waals surface area (Å²) < 4.78 is 43.0. The van der Waals surface area contributed by atoms with Crippen LogP contribution in [-0.2, 0) is 0 Å². The summed E-state index contributed by atoms with van der Waals surface area (Å²) in [6, 6.07) is 5.99. The summed E-state index contributed by atoms with van der Waals surface area (Å²) in [6.07, 6.45) is -0.870. The standard InChI is InChI=1S/C18H22F3N5O2.ClH/c1-12(13-2-4-15(5-3-13)28-11-18(19,20)21)23-17(27)16-10-26(25-24-16)14-6-8-22-9-7-14;/h2-5,10,12,14,22H,6-9,11H2,1H3,(H,23,27);1H. The van der Waals surface area contributed by atoms with Crippen molar-refractivity contribution in [1.82, 2.24) is 25.6 Å². The maximum absolute atomic E-state index is 12.4. The number of nitrogens with zero attached hydrogens (tertiary/aromatic N) is 3. The molecule has 1 fully saturated rings. The first-order valence-electron chi connectivity index (χ1n) is 9.05. The van der Waals surface area contributed by atoms with E-state index in [2.05, 4.69) is 25.7 Å². The summed E-state index contributed by atoms with van der Waals surface area (Å²) in [6.45, 7) is 2.25. The van der Waals surface area contributed by atoms with Crippen LogP contribution >= 0.6 is 12.4 Å². The van der Waals surface area contributed by atoms with Gasteiger partial charge in [-0.3, -0.25) is 4.79 Å². The van der Waals surface area contributed by atoms with Gasteiger partial charge in [0.1, 0.15) is 5.75 Å². The van der Waals surface area contributed by atoms with Crippen molar-refractivity contribution < 1.29 is 22.7 Å². The van der Waals surface area contributed by atoms with Crippen LogP contribution in [0.3, 0.4) is 0 Å². The lowest BCUT2D eigenvalue weighted by Gasteiger charge is -2.22. The second-order valence-electron chi connectivity index (χ2n) is 6.73. The Bertz CT molecular complexity index is 792. The molecule has 1 amide bonds. The molecule has 1 unspecified atom stereocenters. The summed E-state index contributed by atoms with van der Waals surface area (Å²) >= 11 is 0. The number of benzene rings is 1. The molecule has 2 aromatic rings. The van der Waals surface area contributed by atoms with E-state index in [-0.39, 0.29) is 41.8 Å². The predicted molar refractivity (Wildman–Crippen MR) is 102 cm³/mol. The van der Waals surface area contributed by atoms with Crippen molar-refractivity contribution in [2.24, 2.45) is 0 Å². The molecule has 0 aliphatic carbocycles. The van der Waals surface area contributed by atoms with Gasteiger partial charge in [-0.15, -0.1) is 17.5 Å². The Hall–Kier alpha value is -2.33. The lowest BCUT2D eigenvalue weighted by molar-refractivity contribution is -0.153. The van der Waals surface area contributed by atoms with Crippen molar-refractivity contribution in [3.05, 3.63) is 41.7 Å². The number of alkyl halides is 3. The number of rotatable bonds is 6. The van der Waals surface area contributed by atoms with E-state index in [0.29, 0.717) is 0 Å². The van der Waals surface area contributed by atoms with E-state index < -0.39 is 12.8 Å². The summed E-state index contributed by atoms with van der Waals surface area (Å²) in [4.78, 5) is 12.4. The third-order valence-electron chi connectivity index (χ3n) is 4.56. The fraction of sp³-hybridized carbons (Fsp3) is 0.500. The van der Waals surface area contributed by atoms with Crippen LogP contribution in [0.1, 0.15) is 47.9 Å². The molecule has 0 spiro atoms. The largest absolute Gasteiger partial charge is 0.484 e. The lowest BCUT2D eigenvalue weighted by Crippen LogP contribution is -2.29. The van der Waals surface area contributed by atoms with Crippen LogP contribution in [0.2, 0.25) is 0 Å². The number of hydrogen-bond acceptors (Lipinski definition) is 5. The molecule has 11 heteroatoms. The van der Waals surface area contributed by atoms with Crippen molar-refractivity contribution in [3.8, 4) is 5.75 Å². The maximum Gasteiger partial charge on any atom is 0.422 e. The van der Waals surface area contributed by atoms with Crippen LogP contribution in [0.4, 0.5) is 13.2 Å². The van der Waals surface area contributed by atoms with E-state index in [0.717, 1.165) is 31.5 Å². The molecular formula is C18H23ClF3N5O2. The third kappa shape index (κ3) is 6.60. The van der Waals surface area contributed by atoms with Gasteiger partial charge in [-0.2, -0.15) is 13.2 Å². The Kier molecular flexibility index (Phi) is 7.86. The fourth-order valence-corrected chi connectivity index (χ4v) is 3.00. The van der Waals surface area contributed by atoms with Crippen LogP contribution in [0.5, 0.6) is 5.75 Å². The highest BCUT2D eigenvalue weighted by atomic mass is 35.5. The zero-order valence-electron chi connectivity index (χ0n) is 15.8. The molecule has 2 N–H and O–H groups in total. The second kappa shape index (κ2) is 9.93. The molecule has 1 aromatic heterocycles. The predicted octanol–water partition coefficient (Wildman–Crippen LogP) is 3.06. The molecule has 1 aromatic carbocycles. The zero-order chi connectivity index (χ0) is 20.1. The first-order chi connectivity index (χ1) is 13.3. The minimum absolute atomic E-state index is 0. The van der Waals surface area contributed by atoms with E-state index in [1.807, 2.05) is 0 Å². The number of piperidine rings is 1. The fourth-order valence-electron chi connectivity index (χ4n) is 3.00. The van der Waals surface area contributed by atoms with Crippen molar-refractivity contribution in [2.45, 2.75) is 38.0 Å². The van der Waals surface area contributed by atoms with Gasteiger partial charge in [0.05, 0.1) is 18.3 Å². The lowest BCUT2D eigenvalue weighted by atomic mass is 10.1. The van der Waals surface area contributed by atoms with Crippen LogP contribution < -0.4 is 15.4 Å². The van der Waals surface area contributed by atoms with E-state index in [4.69, 9.17) is 0 Å². The number of carbonyl (C=O) groups is 1. The Labute approximate surface area is 172 Å². The Morgan fingerprint density at radius 3 is 2.59 bits per heavy atom. The second-order valence-corrected chi connectivity index (χ2v) is 6.73. The highest BCUT2D eigenvalue weighted by Crippen LogP contribution is 2.21. The maximum atomic E-state index is 12.4. The van der Waals surface area contributed by atoms with E-state index in [1.165, 1.54) is 12.1 Å². The van der Waals surface area contributed by atoms with Gasteiger partial charge in [0.15, 0.2) is 12.3 Å². The van der Waals surface area contributed by atoms with Gasteiger partial charge in [-0.1, -0.05) is 17.3 Å². The van der Waals surface area contributed by atoms with Crippen molar-refractivity contribution in [3.63, 3.8) is 0 Å². The van der Waals surface area contributed by atoms with E-state index in [9.17, 15) is 18.0 Å². The van der Waals surface area contributed by atoms with Crippen LogP contribution in [0, 0.1) is 0 Å². The zero-order valence-corrected chi connectivity index (χ0v) is 16.6. The number of hydrogen-bond donors (Lipinski definition) is 2. The van der Waals surface area contributed by atoms with Crippen molar-refractivity contribution in [1.29, 1.82) is 0 Å². The molecule has 3 rings (SSSR count). The molecule has 1 saturated heterocycles. The molecule has 0 saturated carbocycles. The first kappa shape index (κ1) is 23.0.